The van der Waals surface area contributed by atoms with Gasteiger partial charge in [-0.25, -0.2) is 0 Å². The molecule has 0 radical (unpaired) electrons. The molecule has 24 heavy (non-hydrogen) atoms. The molecule has 2 aliphatic rings. The molecule has 0 aromatic heterocycles. The second-order valence-electron chi connectivity index (χ2n) is 5.74. The first kappa shape index (κ1) is 16.8. The van der Waals surface area contributed by atoms with Gasteiger partial charge in [0.25, 0.3) is 0 Å². The molecule has 0 aliphatic carbocycles. The minimum atomic E-state index is -1.56. The first-order valence-corrected chi connectivity index (χ1v) is 7.53. The highest BCUT2D eigenvalue weighted by atomic mass is 16.7. The van der Waals surface area contributed by atoms with E-state index in [1.807, 2.05) is 30.3 Å². The van der Waals surface area contributed by atoms with Crippen LogP contribution in [0.25, 0.3) is 0 Å². The third kappa shape index (κ3) is 3.24. The third-order valence-electron chi connectivity index (χ3n) is 4.03. The lowest BCUT2D eigenvalue weighted by Gasteiger charge is -2.45. The summed E-state index contributed by atoms with van der Waals surface area (Å²) in [5.74, 6) is -0.500. The van der Waals surface area contributed by atoms with Crippen LogP contribution in [0.3, 0.4) is 0 Å². The van der Waals surface area contributed by atoms with Gasteiger partial charge in [-0.2, -0.15) is 0 Å². The maximum absolute atomic E-state index is 11.3. The van der Waals surface area contributed by atoms with E-state index in [4.69, 9.17) is 14.2 Å². The van der Waals surface area contributed by atoms with E-state index in [1.54, 1.807) is 0 Å². The zero-order valence-electron chi connectivity index (χ0n) is 12.9. The smallest absolute Gasteiger partial charge is 0.338 e. The molecule has 4 unspecified atom stereocenters. The van der Waals surface area contributed by atoms with Gasteiger partial charge in [-0.15, -0.1) is 0 Å². The molecular formula is C15H18N2O7. The summed E-state index contributed by atoms with van der Waals surface area (Å²) in [6.07, 6.45) is -5.21. The summed E-state index contributed by atoms with van der Waals surface area (Å²) in [5.41, 5.74) is 0.760. The van der Waals surface area contributed by atoms with Gasteiger partial charge in [0.05, 0.1) is 11.5 Å². The standard InChI is InChI=1S/C15H18N2O7/c1-8(18)16-11-12(19)13-10(23-14(11)17(20)21)7-22-15(24-13)9-5-3-2-4-6-9/h2-6,10-15,19H,7H2,1H3,(H,16,18)/t10?,11?,12?,13-,14-,15?/m1/s1. The summed E-state index contributed by atoms with van der Waals surface area (Å²) in [6.45, 7) is 1.26. The van der Waals surface area contributed by atoms with E-state index in [0.29, 0.717) is 0 Å². The lowest BCUT2D eigenvalue weighted by Crippen LogP contribution is -2.67. The number of carbonyl (C=O) groups excluding carboxylic acids is 1. The first-order chi connectivity index (χ1) is 11.5. The van der Waals surface area contributed by atoms with Crippen LogP contribution < -0.4 is 5.32 Å². The van der Waals surface area contributed by atoms with E-state index in [0.717, 1.165) is 5.56 Å². The predicted octanol–water partition coefficient (Wildman–Crippen LogP) is -0.0322. The molecule has 6 atom stereocenters. The molecule has 9 nitrogen and oxygen atoms in total. The number of hydrogen-bond donors (Lipinski definition) is 2. The van der Waals surface area contributed by atoms with Crippen molar-refractivity contribution < 1.29 is 29.0 Å². The number of ether oxygens (including phenoxy) is 3. The van der Waals surface area contributed by atoms with Crippen LogP contribution in [0.1, 0.15) is 18.8 Å². The molecule has 0 bridgehead atoms. The predicted molar refractivity (Wildman–Crippen MR) is 79.3 cm³/mol. The van der Waals surface area contributed by atoms with Crippen LogP contribution in [0.2, 0.25) is 0 Å². The van der Waals surface area contributed by atoms with Gasteiger partial charge in [-0.3, -0.25) is 14.9 Å². The SMILES string of the molecule is CC(=O)NC1C(O)[C@@H]2OC(c3ccccc3)OCC2O[C@H]1[N+](=O)[O-]. The van der Waals surface area contributed by atoms with Crippen molar-refractivity contribution in [2.75, 3.05) is 6.61 Å². The number of rotatable bonds is 3. The van der Waals surface area contributed by atoms with Crippen LogP contribution in [0, 0.1) is 10.1 Å². The molecule has 2 saturated heterocycles. The quantitative estimate of drug-likeness (QED) is 0.586. The van der Waals surface area contributed by atoms with E-state index in [9.17, 15) is 20.0 Å². The normalized spacial score (nSPS) is 35.8. The van der Waals surface area contributed by atoms with Gasteiger partial charge in [0, 0.05) is 12.5 Å². The van der Waals surface area contributed by atoms with Gasteiger partial charge in [-0.1, -0.05) is 30.3 Å². The van der Waals surface area contributed by atoms with Crippen molar-refractivity contribution in [3.63, 3.8) is 0 Å². The Bertz CT molecular complexity index is 611. The average molecular weight is 338 g/mol. The fourth-order valence-electron chi connectivity index (χ4n) is 2.96. The number of nitrogens with zero attached hydrogens (tertiary/aromatic N) is 1. The van der Waals surface area contributed by atoms with Crippen LogP contribution >= 0.6 is 0 Å². The number of nitrogens with one attached hydrogen (secondary N) is 1. The topological polar surface area (TPSA) is 120 Å². The molecule has 2 aliphatic heterocycles. The molecule has 0 spiro atoms. The Morgan fingerprint density at radius 2 is 2.04 bits per heavy atom. The van der Waals surface area contributed by atoms with Crippen molar-refractivity contribution in [2.24, 2.45) is 0 Å². The molecule has 1 amide bonds. The number of benzene rings is 1. The van der Waals surface area contributed by atoms with Crippen molar-refractivity contribution in [2.45, 2.75) is 43.8 Å². The Morgan fingerprint density at radius 3 is 2.67 bits per heavy atom. The molecule has 130 valence electrons. The highest BCUT2D eigenvalue weighted by molar-refractivity contribution is 5.73. The van der Waals surface area contributed by atoms with E-state index < -0.39 is 47.7 Å². The summed E-state index contributed by atoms with van der Waals surface area (Å²) < 4.78 is 16.7. The lowest BCUT2D eigenvalue weighted by atomic mass is 9.95. The molecule has 1 aromatic carbocycles. The van der Waals surface area contributed by atoms with Crippen LogP contribution in [-0.4, -0.2) is 53.1 Å². The summed E-state index contributed by atoms with van der Waals surface area (Å²) in [4.78, 5) is 21.8. The highest BCUT2D eigenvalue weighted by Crippen LogP contribution is 2.34. The summed E-state index contributed by atoms with van der Waals surface area (Å²) >= 11 is 0. The van der Waals surface area contributed by atoms with Crippen molar-refractivity contribution in [1.29, 1.82) is 0 Å². The number of fused-ring (bicyclic) bond motifs is 1. The Labute approximate surface area is 137 Å². The third-order valence-corrected chi connectivity index (χ3v) is 4.03. The molecule has 2 fully saturated rings. The van der Waals surface area contributed by atoms with Gasteiger partial charge >= 0.3 is 6.23 Å². The Kier molecular flexibility index (Phi) is 4.76. The zero-order valence-corrected chi connectivity index (χ0v) is 12.9. The summed E-state index contributed by atoms with van der Waals surface area (Å²) in [6, 6.07) is 7.92. The Morgan fingerprint density at radius 1 is 1.33 bits per heavy atom. The Balaban J connectivity index is 1.80. The van der Waals surface area contributed by atoms with E-state index in [-0.39, 0.29) is 6.61 Å². The number of carbonyl (C=O) groups is 1. The second kappa shape index (κ2) is 6.81. The van der Waals surface area contributed by atoms with Crippen LogP contribution in [-0.2, 0) is 19.0 Å². The number of aliphatic hydroxyl groups is 1. The van der Waals surface area contributed by atoms with Crippen molar-refractivity contribution in [1.82, 2.24) is 5.32 Å². The number of hydrogen-bond acceptors (Lipinski definition) is 7. The lowest BCUT2D eigenvalue weighted by molar-refractivity contribution is -0.598. The molecule has 0 saturated carbocycles. The van der Waals surface area contributed by atoms with E-state index in [2.05, 4.69) is 5.32 Å². The largest absolute Gasteiger partial charge is 0.388 e. The van der Waals surface area contributed by atoms with Crippen LogP contribution in [0.15, 0.2) is 30.3 Å². The van der Waals surface area contributed by atoms with Crippen LogP contribution in [0.4, 0.5) is 0 Å². The summed E-state index contributed by atoms with van der Waals surface area (Å²) in [5, 5.41) is 24.1. The van der Waals surface area contributed by atoms with Gasteiger partial charge in [0.2, 0.25) is 5.91 Å². The average Bonchev–Trinajstić information content (AvgIpc) is 2.57. The second-order valence-corrected chi connectivity index (χ2v) is 5.74. The van der Waals surface area contributed by atoms with Gasteiger partial charge < -0.3 is 24.6 Å². The minimum absolute atomic E-state index is 0.0401. The number of amides is 1. The molecule has 1 aromatic rings. The summed E-state index contributed by atoms with van der Waals surface area (Å²) in [7, 11) is 0. The Hall–Kier alpha value is -2.07. The van der Waals surface area contributed by atoms with Gasteiger partial charge in [-0.05, 0) is 0 Å². The van der Waals surface area contributed by atoms with Crippen LogP contribution in [0.5, 0.6) is 0 Å². The van der Waals surface area contributed by atoms with Crippen molar-refractivity contribution in [3.8, 4) is 0 Å². The molecule has 9 heteroatoms. The number of nitro groups is 1. The molecule has 3 rings (SSSR count). The fraction of sp³-hybridized carbons (Fsp3) is 0.533. The maximum atomic E-state index is 11.3. The zero-order chi connectivity index (χ0) is 17.3. The molecular weight excluding hydrogens is 320 g/mol. The van der Waals surface area contributed by atoms with Crippen molar-refractivity contribution >= 4 is 5.91 Å². The highest BCUT2D eigenvalue weighted by Gasteiger charge is 2.54. The first-order valence-electron chi connectivity index (χ1n) is 7.53. The number of aliphatic hydroxyl groups excluding tert-OH is 1. The van der Waals surface area contributed by atoms with Gasteiger partial charge in [0.15, 0.2) is 12.3 Å². The van der Waals surface area contributed by atoms with E-state index in [1.165, 1.54) is 6.92 Å². The fourth-order valence-corrected chi connectivity index (χ4v) is 2.96. The molecule has 2 N–H and O–H groups in total. The van der Waals surface area contributed by atoms with Gasteiger partial charge in [0.1, 0.15) is 18.3 Å². The van der Waals surface area contributed by atoms with E-state index >= 15 is 0 Å². The maximum Gasteiger partial charge on any atom is 0.338 e. The van der Waals surface area contributed by atoms with Crippen molar-refractivity contribution in [3.05, 3.63) is 46.0 Å². The monoisotopic (exact) mass is 338 g/mol. The molecule has 2 heterocycles. The minimum Gasteiger partial charge on any atom is -0.388 e.